The van der Waals surface area contributed by atoms with Crippen LogP contribution in [-0.2, 0) is 24.0 Å². The van der Waals surface area contributed by atoms with Gasteiger partial charge in [0, 0.05) is 18.9 Å². The summed E-state index contributed by atoms with van der Waals surface area (Å²) < 4.78 is 4.83. The van der Waals surface area contributed by atoms with Gasteiger partial charge in [-0.2, -0.15) is 10.3 Å². The van der Waals surface area contributed by atoms with Gasteiger partial charge in [-0.1, -0.05) is 18.3 Å². The number of cyclic esters (lactones) is 1. The van der Waals surface area contributed by atoms with Crippen molar-refractivity contribution in [2.75, 3.05) is 6.61 Å². The molecule has 2 aliphatic heterocycles. The number of amides is 1. The van der Waals surface area contributed by atoms with E-state index in [0.717, 1.165) is 0 Å². The van der Waals surface area contributed by atoms with Crippen LogP contribution in [0.5, 0.6) is 0 Å². The Morgan fingerprint density at radius 1 is 1.61 bits per heavy atom. The molecule has 2 aliphatic rings. The number of rotatable bonds is 5. The zero-order chi connectivity index (χ0) is 17.0. The topological polar surface area (TPSA) is 129 Å². The SMILES string of the molecule is N#C/C=C\CC(=S)N[C@H]1CON(C2(C(=O)O)CCC(=O)O2)C1=O. The van der Waals surface area contributed by atoms with Gasteiger partial charge in [0.15, 0.2) is 0 Å². The van der Waals surface area contributed by atoms with Crippen LogP contribution in [0.4, 0.5) is 0 Å². The number of thiocarbonyl (C=S) groups is 1. The monoisotopic (exact) mass is 339 g/mol. The fourth-order valence-electron chi connectivity index (χ4n) is 2.23. The molecule has 0 aromatic rings. The molecule has 2 fully saturated rings. The number of esters is 1. The summed E-state index contributed by atoms with van der Waals surface area (Å²) >= 11 is 5.03. The molecule has 10 heteroatoms. The van der Waals surface area contributed by atoms with Crippen molar-refractivity contribution in [2.24, 2.45) is 0 Å². The van der Waals surface area contributed by atoms with Gasteiger partial charge >= 0.3 is 17.7 Å². The Labute approximate surface area is 136 Å². The van der Waals surface area contributed by atoms with E-state index in [0.29, 0.717) is 10.1 Å². The first-order chi connectivity index (χ1) is 10.9. The van der Waals surface area contributed by atoms with Crippen molar-refractivity contribution >= 4 is 35.1 Å². The number of hydrogen-bond donors (Lipinski definition) is 2. The van der Waals surface area contributed by atoms with E-state index in [1.165, 1.54) is 12.2 Å². The summed E-state index contributed by atoms with van der Waals surface area (Å²) in [5.41, 5.74) is -2.13. The molecular weight excluding hydrogens is 326 g/mol. The number of allylic oxidation sites excluding steroid dienone is 1. The zero-order valence-electron chi connectivity index (χ0n) is 11.9. The number of ether oxygens (including phenoxy) is 1. The van der Waals surface area contributed by atoms with Gasteiger partial charge in [-0.3, -0.25) is 14.4 Å². The van der Waals surface area contributed by atoms with Gasteiger partial charge in [0.1, 0.15) is 12.6 Å². The molecule has 0 aromatic carbocycles. The van der Waals surface area contributed by atoms with Crippen LogP contribution in [0.1, 0.15) is 19.3 Å². The van der Waals surface area contributed by atoms with Gasteiger partial charge in [-0.05, 0) is 0 Å². The Morgan fingerprint density at radius 2 is 2.35 bits per heavy atom. The van der Waals surface area contributed by atoms with E-state index in [4.69, 9.17) is 27.1 Å². The molecule has 2 N–H and O–H groups in total. The number of carboxylic acids is 1. The van der Waals surface area contributed by atoms with Crippen molar-refractivity contribution < 1.29 is 29.1 Å². The highest BCUT2D eigenvalue weighted by Gasteiger charge is 2.59. The second-order valence-electron chi connectivity index (χ2n) is 4.85. The van der Waals surface area contributed by atoms with Crippen molar-refractivity contribution in [3.05, 3.63) is 12.2 Å². The summed E-state index contributed by atoms with van der Waals surface area (Å²) in [6, 6.07) is 0.929. The zero-order valence-corrected chi connectivity index (χ0v) is 12.7. The number of nitrogens with one attached hydrogen (secondary N) is 1. The molecule has 0 aliphatic carbocycles. The average Bonchev–Trinajstić information content (AvgIpc) is 3.05. The molecule has 0 radical (unpaired) electrons. The minimum absolute atomic E-state index is 0.116. The van der Waals surface area contributed by atoms with Crippen LogP contribution in [0.2, 0.25) is 0 Å². The van der Waals surface area contributed by atoms with Crippen LogP contribution in [-0.4, -0.2) is 51.4 Å². The molecule has 1 unspecified atom stereocenters. The average molecular weight is 339 g/mol. The molecule has 2 atom stereocenters. The smallest absolute Gasteiger partial charge is 0.372 e. The van der Waals surface area contributed by atoms with E-state index in [-0.39, 0.29) is 25.9 Å². The van der Waals surface area contributed by atoms with Crippen LogP contribution in [0.15, 0.2) is 12.2 Å². The summed E-state index contributed by atoms with van der Waals surface area (Å²) in [4.78, 5) is 40.5. The first kappa shape index (κ1) is 16.9. The number of carbonyl (C=O) groups is 3. The number of nitriles is 1. The molecule has 0 spiro atoms. The van der Waals surface area contributed by atoms with E-state index in [1.54, 1.807) is 0 Å². The van der Waals surface area contributed by atoms with Gasteiger partial charge in [-0.15, -0.1) is 0 Å². The second-order valence-corrected chi connectivity index (χ2v) is 5.34. The van der Waals surface area contributed by atoms with E-state index in [2.05, 4.69) is 5.32 Å². The van der Waals surface area contributed by atoms with Crippen molar-refractivity contribution in [1.29, 1.82) is 5.26 Å². The molecular formula is C13H13N3O6S. The van der Waals surface area contributed by atoms with Gasteiger partial charge in [-0.25, -0.2) is 4.79 Å². The van der Waals surface area contributed by atoms with Crippen LogP contribution in [0, 0.1) is 11.3 Å². The fraction of sp³-hybridized carbons (Fsp3) is 0.462. The Hall–Kier alpha value is -2.51. The number of aliphatic carboxylic acids is 1. The maximum atomic E-state index is 12.3. The van der Waals surface area contributed by atoms with Crippen LogP contribution < -0.4 is 5.32 Å². The lowest BCUT2D eigenvalue weighted by atomic mass is 10.1. The van der Waals surface area contributed by atoms with Crippen molar-refractivity contribution in [1.82, 2.24) is 10.4 Å². The van der Waals surface area contributed by atoms with E-state index in [1.807, 2.05) is 6.07 Å². The summed E-state index contributed by atoms with van der Waals surface area (Å²) in [6.07, 6.45) is 2.73. The predicted octanol–water partition coefficient (Wildman–Crippen LogP) is -0.366. The van der Waals surface area contributed by atoms with Crippen LogP contribution in [0.25, 0.3) is 0 Å². The minimum atomic E-state index is -2.13. The molecule has 0 saturated carbocycles. The molecule has 2 heterocycles. The normalized spacial score (nSPS) is 27.1. The summed E-state index contributed by atoms with van der Waals surface area (Å²) in [5.74, 6) is -2.87. The highest BCUT2D eigenvalue weighted by Crippen LogP contribution is 2.33. The molecule has 0 aromatic heterocycles. The first-order valence-electron chi connectivity index (χ1n) is 6.67. The molecule has 23 heavy (non-hydrogen) atoms. The van der Waals surface area contributed by atoms with Crippen LogP contribution in [0.3, 0.4) is 0 Å². The van der Waals surface area contributed by atoms with Gasteiger partial charge in [0.2, 0.25) is 0 Å². The third kappa shape index (κ3) is 3.30. The number of nitrogens with zero attached hydrogens (tertiary/aromatic N) is 2. The number of carbonyl (C=O) groups excluding carboxylic acids is 2. The maximum absolute atomic E-state index is 12.3. The molecule has 122 valence electrons. The van der Waals surface area contributed by atoms with Crippen LogP contribution >= 0.6 is 12.2 Å². The largest absolute Gasteiger partial charge is 0.477 e. The highest BCUT2D eigenvalue weighted by atomic mass is 32.1. The first-order valence-corrected chi connectivity index (χ1v) is 7.08. The Balaban J connectivity index is 2.05. The standard InChI is InChI=1S/C13H13N3O6S/c14-6-2-1-3-9(23)15-8-7-21-16(11(8)18)13(12(19)20)5-4-10(17)22-13/h1-2,8H,3-5,7H2,(H,15,23)(H,19,20)/b2-1-/t8-,13?/m0/s1. The molecule has 2 rings (SSSR count). The Bertz CT molecular complexity index is 628. The van der Waals surface area contributed by atoms with Gasteiger partial charge in [0.25, 0.3) is 5.91 Å². The van der Waals surface area contributed by atoms with Crippen molar-refractivity contribution in [3.63, 3.8) is 0 Å². The Morgan fingerprint density at radius 3 is 2.91 bits per heavy atom. The lowest BCUT2D eigenvalue weighted by Crippen LogP contribution is -2.56. The second kappa shape index (κ2) is 6.72. The third-order valence-corrected chi connectivity index (χ3v) is 3.60. The van der Waals surface area contributed by atoms with Gasteiger partial charge < -0.3 is 15.2 Å². The molecule has 9 nitrogen and oxygen atoms in total. The number of hydrogen-bond acceptors (Lipinski definition) is 7. The predicted molar refractivity (Wildman–Crippen MR) is 77.4 cm³/mol. The molecule has 2 saturated heterocycles. The molecule has 0 bridgehead atoms. The molecule has 1 amide bonds. The van der Waals surface area contributed by atoms with E-state index in [9.17, 15) is 19.5 Å². The fourth-order valence-corrected chi connectivity index (χ4v) is 2.46. The van der Waals surface area contributed by atoms with Crippen molar-refractivity contribution in [3.8, 4) is 6.07 Å². The number of hydroxylamine groups is 2. The van der Waals surface area contributed by atoms with E-state index >= 15 is 0 Å². The summed E-state index contributed by atoms with van der Waals surface area (Å²) in [7, 11) is 0. The van der Waals surface area contributed by atoms with Gasteiger partial charge in [0.05, 0.1) is 17.5 Å². The number of carboxylic acid groups (broad SMARTS) is 1. The third-order valence-electron chi connectivity index (χ3n) is 3.31. The highest BCUT2D eigenvalue weighted by molar-refractivity contribution is 7.80. The quantitative estimate of drug-likeness (QED) is 0.391. The Kier molecular flexibility index (Phi) is 4.92. The lowest BCUT2D eigenvalue weighted by Gasteiger charge is -2.30. The maximum Gasteiger partial charge on any atom is 0.372 e. The summed E-state index contributed by atoms with van der Waals surface area (Å²) in [6.45, 7) is -0.145. The lowest BCUT2D eigenvalue weighted by molar-refractivity contribution is -0.256. The minimum Gasteiger partial charge on any atom is -0.477 e. The van der Waals surface area contributed by atoms with E-state index < -0.39 is 29.6 Å². The summed E-state index contributed by atoms with van der Waals surface area (Å²) in [5, 5.41) is 21.0. The van der Waals surface area contributed by atoms with Crippen molar-refractivity contribution in [2.45, 2.75) is 31.0 Å².